The molecule has 0 fully saturated rings. The molecule has 170 valence electrons. The van der Waals surface area contributed by atoms with Gasteiger partial charge in [0.25, 0.3) is 0 Å². The van der Waals surface area contributed by atoms with Crippen molar-refractivity contribution in [3.63, 3.8) is 0 Å². The van der Waals surface area contributed by atoms with E-state index in [4.69, 9.17) is 4.74 Å². The maximum Gasteiger partial charge on any atom is 0.227 e. The minimum absolute atomic E-state index is 0.0304. The average Bonchev–Trinajstić information content (AvgIpc) is 3.07. The Morgan fingerprint density at radius 2 is 2.00 bits per heavy atom. The lowest BCUT2D eigenvalue weighted by Crippen LogP contribution is -2.12. The molecule has 0 saturated heterocycles. The van der Waals surface area contributed by atoms with Crippen LogP contribution >= 0.6 is 0 Å². The summed E-state index contributed by atoms with van der Waals surface area (Å²) in [6.07, 6.45) is 4.34. The molecule has 9 heteroatoms. The number of methoxy groups -OCH3 is 1. The number of nitrogens with one attached hydrogen (secondary N) is 1. The summed E-state index contributed by atoms with van der Waals surface area (Å²) >= 11 is 0. The van der Waals surface area contributed by atoms with Gasteiger partial charge in [-0.1, -0.05) is 13.8 Å². The average molecular weight is 467 g/mol. The van der Waals surface area contributed by atoms with Crippen LogP contribution < -0.4 is 10.1 Å². The second-order valence-electron chi connectivity index (χ2n) is 8.69. The molecule has 0 spiro atoms. The normalized spacial score (nSPS) is 14.4. The fourth-order valence-electron chi connectivity index (χ4n) is 4.15. The molecule has 3 aromatic rings. The van der Waals surface area contributed by atoms with Crippen LogP contribution in [0.5, 0.6) is 5.75 Å². The molecule has 0 aliphatic heterocycles. The van der Waals surface area contributed by atoms with Gasteiger partial charge in [0.1, 0.15) is 16.5 Å². The van der Waals surface area contributed by atoms with Crippen LogP contribution in [-0.2, 0) is 21.7 Å². The molecule has 0 unspecified atom stereocenters. The number of benzene rings is 2. The van der Waals surface area contributed by atoms with E-state index in [2.05, 4.69) is 41.3 Å². The zero-order valence-electron chi connectivity index (χ0n) is 18.7. The van der Waals surface area contributed by atoms with Gasteiger partial charge in [0.15, 0.2) is 9.84 Å². The van der Waals surface area contributed by atoms with E-state index in [0.717, 1.165) is 47.9 Å². The Kier molecular flexibility index (Phi) is 5.58. The number of hydrogen-bond acceptors (Lipinski definition) is 7. The first-order valence-corrected chi connectivity index (χ1v) is 12.2. The monoisotopic (exact) mass is 466 g/mol. The summed E-state index contributed by atoms with van der Waals surface area (Å²) in [7, 11) is -2.40. The van der Waals surface area contributed by atoms with Gasteiger partial charge < -0.3 is 10.1 Å². The van der Waals surface area contributed by atoms with E-state index in [-0.39, 0.29) is 22.8 Å². The zero-order chi connectivity index (χ0) is 24.0. The van der Waals surface area contributed by atoms with Crippen molar-refractivity contribution >= 4 is 21.5 Å². The fraction of sp³-hybridized carbons (Fsp3) is 0.292. The zero-order valence-corrected chi connectivity index (χ0v) is 19.5. The van der Waals surface area contributed by atoms with Crippen molar-refractivity contribution < 1.29 is 17.5 Å². The predicted molar refractivity (Wildman–Crippen MR) is 123 cm³/mol. The highest BCUT2D eigenvalue weighted by Crippen LogP contribution is 2.42. The van der Waals surface area contributed by atoms with Gasteiger partial charge in [-0.3, -0.25) is 0 Å². The van der Waals surface area contributed by atoms with Crippen LogP contribution in [0.15, 0.2) is 41.4 Å². The molecule has 4 rings (SSSR count). The highest BCUT2D eigenvalue weighted by atomic mass is 32.2. The van der Waals surface area contributed by atoms with Crippen molar-refractivity contribution in [2.75, 3.05) is 18.7 Å². The van der Waals surface area contributed by atoms with Gasteiger partial charge in [-0.25, -0.2) is 22.8 Å². The molecule has 1 N–H and O–H groups in total. The van der Waals surface area contributed by atoms with Crippen LogP contribution in [0.3, 0.4) is 0 Å². The third-order valence-electron chi connectivity index (χ3n) is 5.95. The SMILES string of the molecule is COc1cc(S(C)(=O)=O)c(F)cc1Nc1nccc(-c2cc(C#N)c3c(c2)C(C)(C)CC3)n1. The highest BCUT2D eigenvalue weighted by Gasteiger charge is 2.32. The van der Waals surface area contributed by atoms with E-state index in [1.807, 2.05) is 6.07 Å². The molecule has 0 amide bonds. The van der Waals surface area contributed by atoms with Gasteiger partial charge in [0, 0.05) is 30.1 Å². The Labute approximate surface area is 192 Å². The molecule has 2 aromatic carbocycles. The Morgan fingerprint density at radius 3 is 2.67 bits per heavy atom. The Morgan fingerprint density at radius 1 is 1.24 bits per heavy atom. The van der Waals surface area contributed by atoms with Crippen molar-refractivity contribution in [2.24, 2.45) is 0 Å². The summed E-state index contributed by atoms with van der Waals surface area (Å²) in [4.78, 5) is 8.28. The van der Waals surface area contributed by atoms with Gasteiger partial charge >= 0.3 is 0 Å². The summed E-state index contributed by atoms with van der Waals surface area (Å²) in [5, 5.41) is 12.6. The number of aromatic nitrogens is 2. The van der Waals surface area contributed by atoms with Crippen molar-refractivity contribution in [1.29, 1.82) is 5.26 Å². The predicted octanol–water partition coefficient (Wildman–Crippen LogP) is 4.53. The maximum absolute atomic E-state index is 14.4. The largest absolute Gasteiger partial charge is 0.495 e. The summed E-state index contributed by atoms with van der Waals surface area (Å²) < 4.78 is 43.3. The molecule has 0 radical (unpaired) electrons. The van der Waals surface area contributed by atoms with Crippen LogP contribution in [0.25, 0.3) is 11.3 Å². The first-order chi connectivity index (χ1) is 15.5. The molecule has 1 aliphatic carbocycles. The van der Waals surface area contributed by atoms with Gasteiger partial charge in [0.05, 0.1) is 30.1 Å². The van der Waals surface area contributed by atoms with Crippen LogP contribution in [0, 0.1) is 17.1 Å². The molecule has 0 atom stereocenters. The van der Waals surface area contributed by atoms with Crippen molar-refractivity contribution in [3.8, 4) is 23.1 Å². The third-order valence-corrected chi connectivity index (χ3v) is 7.06. The topological polar surface area (TPSA) is 105 Å². The minimum Gasteiger partial charge on any atom is -0.495 e. The lowest BCUT2D eigenvalue weighted by atomic mass is 9.84. The number of sulfone groups is 1. The van der Waals surface area contributed by atoms with Gasteiger partial charge in [-0.15, -0.1) is 0 Å². The number of ether oxygens (including phenoxy) is 1. The standard InChI is InChI=1S/C24H23FN4O3S/c1-24(2)7-5-16-15(13-26)9-14(10-17(16)24)19-6-8-27-23(28-19)29-20-11-18(25)22(33(4,30)31)12-21(20)32-3/h6,8-12H,5,7H2,1-4H3,(H,27,28,29). The third kappa shape index (κ3) is 4.26. The van der Waals surface area contributed by atoms with Gasteiger partial charge in [0.2, 0.25) is 5.95 Å². The smallest absolute Gasteiger partial charge is 0.227 e. The summed E-state index contributed by atoms with van der Waals surface area (Å²) in [6, 6.07) is 10.1. The van der Waals surface area contributed by atoms with E-state index < -0.39 is 20.5 Å². The van der Waals surface area contributed by atoms with Crippen LogP contribution in [0.2, 0.25) is 0 Å². The first kappa shape index (κ1) is 22.7. The van der Waals surface area contributed by atoms with Crippen molar-refractivity contribution in [1.82, 2.24) is 9.97 Å². The Hall–Kier alpha value is -3.51. The maximum atomic E-state index is 14.4. The lowest BCUT2D eigenvalue weighted by molar-refractivity contribution is 0.413. The number of anilines is 2. The van der Waals surface area contributed by atoms with E-state index in [9.17, 15) is 18.1 Å². The second-order valence-corrected chi connectivity index (χ2v) is 10.7. The molecule has 0 saturated carbocycles. The van der Waals surface area contributed by atoms with Gasteiger partial charge in [-0.2, -0.15) is 5.26 Å². The van der Waals surface area contributed by atoms with Crippen LogP contribution in [-0.4, -0.2) is 31.8 Å². The van der Waals surface area contributed by atoms with E-state index >= 15 is 0 Å². The quantitative estimate of drug-likeness (QED) is 0.589. The molecule has 1 heterocycles. The molecule has 1 aromatic heterocycles. The van der Waals surface area contributed by atoms with E-state index in [1.165, 1.54) is 7.11 Å². The number of nitriles is 1. The highest BCUT2D eigenvalue weighted by molar-refractivity contribution is 7.90. The Bertz CT molecular complexity index is 1410. The molecule has 1 aliphatic rings. The minimum atomic E-state index is -3.76. The number of hydrogen-bond donors (Lipinski definition) is 1. The van der Waals surface area contributed by atoms with Crippen LogP contribution in [0.1, 0.15) is 37.0 Å². The second kappa shape index (κ2) is 8.12. The first-order valence-electron chi connectivity index (χ1n) is 10.3. The van der Waals surface area contributed by atoms with Crippen molar-refractivity contribution in [2.45, 2.75) is 37.0 Å². The molecular weight excluding hydrogens is 443 g/mol. The number of fused-ring (bicyclic) bond motifs is 1. The molecule has 0 bridgehead atoms. The summed E-state index contributed by atoms with van der Waals surface area (Å²) in [5.74, 6) is -0.594. The number of halogens is 1. The number of nitrogens with zero attached hydrogens (tertiary/aromatic N) is 3. The molecule has 33 heavy (non-hydrogen) atoms. The van der Waals surface area contributed by atoms with Crippen LogP contribution in [0.4, 0.5) is 16.0 Å². The van der Waals surface area contributed by atoms with E-state index in [1.54, 1.807) is 12.3 Å². The van der Waals surface area contributed by atoms with E-state index in [0.29, 0.717) is 11.3 Å². The molecule has 7 nitrogen and oxygen atoms in total. The summed E-state index contributed by atoms with van der Waals surface area (Å²) in [6.45, 7) is 4.33. The van der Waals surface area contributed by atoms with Crippen molar-refractivity contribution in [3.05, 3.63) is 59.0 Å². The molecular formula is C24H23FN4O3S. The summed E-state index contributed by atoms with van der Waals surface area (Å²) in [5.41, 5.74) is 4.42. The van der Waals surface area contributed by atoms with Gasteiger partial charge in [-0.05, 0) is 47.6 Å². The Balaban J connectivity index is 1.74. The number of rotatable bonds is 5. The lowest BCUT2D eigenvalue weighted by Gasteiger charge is -2.20. The fourth-order valence-corrected chi connectivity index (χ4v) is 4.88.